The molecule has 1 N–H and O–H groups in total. The predicted molar refractivity (Wildman–Crippen MR) is 87.9 cm³/mol. The zero-order valence-corrected chi connectivity index (χ0v) is 13.3. The number of carbonyl (C=O) groups is 1. The maximum Gasteiger partial charge on any atom is 0.293 e. The van der Waals surface area contributed by atoms with Crippen molar-refractivity contribution in [1.82, 2.24) is 10.2 Å². The molecule has 0 aromatic heterocycles. The van der Waals surface area contributed by atoms with E-state index in [4.69, 9.17) is 0 Å². The second-order valence-corrected chi connectivity index (χ2v) is 6.21. The third-order valence-electron chi connectivity index (χ3n) is 4.63. The van der Waals surface area contributed by atoms with Crippen molar-refractivity contribution in [1.29, 1.82) is 0 Å². The molecule has 7 nitrogen and oxygen atoms in total. The number of benzene rings is 1. The highest BCUT2D eigenvalue weighted by Crippen LogP contribution is 2.32. The van der Waals surface area contributed by atoms with E-state index in [1.54, 1.807) is 17.0 Å². The lowest BCUT2D eigenvalue weighted by Gasteiger charge is -2.34. The van der Waals surface area contributed by atoms with Crippen LogP contribution < -0.4 is 10.2 Å². The van der Waals surface area contributed by atoms with Crippen LogP contribution in [0.5, 0.6) is 0 Å². The van der Waals surface area contributed by atoms with Gasteiger partial charge in [0.2, 0.25) is 0 Å². The number of rotatable bonds is 3. The normalized spacial score (nSPS) is 21.5. The molecule has 0 unspecified atom stereocenters. The standard InChI is InChI=1S/C16H22N4O3/c1-12-11-17-6-9-19(12)16(21)13-4-5-14(15(10-13)20(22)23)18-7-2-3-8-18/h4-5,10,12,17H,2-3,6-9,11H2,1H3/t12-/m1/s1. The molecule has 0 spiro atoms. The molecule has 7 heteroatoms. The van der Waals surface area contributed by atoms with E-state index < -0.39 is 0 Å². The summed E-state index contributed by atoms with van der Waals surface area (Å²) in [6, 6.07) is 4.97. The zero-order chi connectivity index (χ0) is 16.4. The van der Waals surface area contributed by atoms with Gasteiger partial charge in [0, 0.05) is 50.4 Å². The first-order valence-corrected chi connectivity index (χ1v) is 8.13. The van der Waals surface area contributed by atoms with Gasteiger partial charge in [0.25, 0.3) is 11.6 Å². The van der Waals surface area contributed by atoms with Gasteiger partial charge in [-0.3, -0.25) is 14.9 Å². The van der Waals surface area contributed by atoms with Crippen LogP contribution >= 0.6 is 0 Å². The molecular formula is C16H22N4O3. The Balaban J connectivity index is 1.89. The van der Waals surface area contributed by atoms with Crippen molar-refractivity contribution >= 4 is 17.3 Å². The zero-order valence-electron chi connectivity index (χ0n) is 13.3. The lowest BCUT2D eigenvalue weighted by molar-refractivity contribution is -0.384. The molecule has 0 bridgehead atoms. The number of nitrogens with zero attached hydrogens (tertiary/aromatic N) is 3. The maximum absolute atomic E-state index is 12.7. The van der Waals surface area contributed by atoms with Crippen LogP contribution in [0.4, 0.5) is 11.4 Å². The monoisotopic (exact) mass is 318 g/mol. The van der Waals surface area contributed by atoms with Crippen molar-refractivity contribution in [2.75, 3.05) is 37.6 Å². The number of hydrogen-bond donors (Lipinski definition) is 1. The second kappa shape index (κ2) is 6.54. The lowest BCUT2D eigenvalue weighted by atomic mass is 10.1. The minimum atomic E-state index is -0.383. The van der Waals surface area contributed by atoms with E-state index >= 15 is 0 Å². The summed E-state index contributed by atoms with van der Waals surface area (Å²) in [7, 11) is 0. The van der Waals surface area contributed by atoms with Crippen LogP contribution in [0, 0.1) is 10.1 Å². The minimum absolute atomic E-state index is 0.0283. The Morgan fingerprint density at radius 1 is 1.30 bits per heavy atom. The lowest BCUT2D eigenvalue weighted by Crippen LogP contribution is -2.52. The van der Waals surface area contributed by atoms with Gasteiger partial charge in [0.1, 0.15) is 5.69 Å². The Labute approximate surface area is 135 Å². The topological polar surface area (TPSA) is 78.7 Å². The van der Waals surface area contributed by atoms with Crippen LogP contribution in [0.2, 0.25) is 0 Å². The molecule has 0 radical (unpaired) electrons. The second-order valence-electron chi connectivity index (χ2n) is 6.21. The van der Waals surface area contributed by atoms with Crippen molar-refractivity contribution in [2.24, 2.45) is 0 Å². The van der Waals surface area contributed by atoms with Crippen molar-refractivity contribution < 1.29 is 9.72 Å². The molecule has 0 saturated carbocycles. The van der Waals surface area contributed by atoms with Crippen LogP contribution in [-0.4, -0.2) is 54.5 Å². The molecule has 2 fully saturated rings. The smallest absolute Gasteiger partial charge is 0.293 e. The van der Waals surface area contributed by atoms with E-state index in [1.165, 1.54) is 6.07 Å². The summed E-state index contributed by atoms with van der Waals surface area (Å²) in [5, 5.41) is 14.7. The van der Waals surface area contributed by atoms with Gasteiger partial charge >= 0.3 is 0 Å². The van der Waals surface area contributed by atoms with Gasteiger partial charge < -0.3 is 15.1 Å². The Kier molecular flexibility index (Phi) is 4.47. The molecule has 3 rings (SSSR count). The van der Waals surface area contributed by atoms with Gasteiger partial charge in [-0.2, -0.15) is 0 Å². The van der Waals surface area contributed by atoms with Crippen molar-refractivity contribution in [3.8, 4) is 0 Å². The summed E-state index contributed by atoms with van der Waals surface area (Å²) in [6.45, 7) is 5.79. The van der Waals surface area contributed by atoms with Gasteiger partial charge in [0.05, 0.1) is 4.92 Å². The van der Waals surface area contributed by atoms with Crippen molar-refractivity contribution in [3.63, 3.8) is 0 Å². The molecule has 1 aromatic carbocycles. The number of nitro benzene ring substituents is 1. The van der Waals surface area contributed by atoms with E-state index in [0.717, 1.165) is 39.0 Å². The number of hydrogen-bond acceptors (Lipinski definition) is 5. The fourth-order valence-electron chi connectivity index (χ4n) is 3.34. The summed E-state index contributed by atoms with van der Waals surface area (Å²) in [5.74, 6) is -0.130. The highest BCUT2D eigenvalue weighted by molar-refractivity contribution is 5.96. The SMILES string of the molecule is C[C@@H]1CNCCN1C(=O)c1ccc(N2CCCC2)c([N+](=O)[O-])c1. The summed E-state index contributed by atoms with van der Waals surface area (Å²) in [4.78, 5) is 27.5. The Morgan fingerprint density at radius 2 is 2.04 bits per heavy atom. The first-order valence-electron chi connectivity index (χ1n) is 8.13. The average Bonchev–Trinajstić information content (AvgIpc) is 3.08. The van der Waals surface area contributed by atoms with Gasteiger partial charge in [-0.1, -0.05) is 0 Å². The number of anilines is 1. The predicted octanol–water partition coefficient (Wildman–Crippen LogP) is 1.63. The first kappa shape index (κ1) is 15.7. The summed E-state index contributed by atoms with van der Waals surface area (Å²) in [5.41, 5.74) is 1.05. The van der Waals surface area contributed by atoms with Crippen LogP contribution in [0.25, 0.3) is 0 Å². The van der Waals surface area contributed by atoms with Gasteiger partial charge in [0.15, 0.2) is 0 Å². The fraction of sp³-hybridized carbons (Fsp3) is 0.562. The third kappa shape index (κ3) is 3.14. The third-order valence-corrected chi connectivity index (χ3v) is 4.63. The molecule has 1 amide bonds. The molecule has 2 saturated heterocycles. The Morgan fingerprint density at radius 3 is 2.70 bits per heavy atom. The largest absolute Gasteiger partial charge is 0.366 e. The number of nitrogens with one attached hydrogen (secondary N) is 1. The summed E-state index contributed by atoms with van der Waals surface area (Å²) in [6.07, 6.45) is 2.10. The Hall–Kier alpha value is -2.15. The quantitative estimate of drug-likeness (QED) is 0.677. The van der Waals surface area contributed by atoms with E-state index in [-0.39, 0.29) is 22.6 Å². The van der Waals surface area contributed by atoms with E-state index in [9.17, 15) is 14.9 Å². The summed E-state index contributed by atoms with van der Waals surface area (Å²) >= 11 is 0. The van der Waals surface area contributed by atoms with Gasteiger partial charge in [-0.15, -0.1) is 0 Å². The summed E-state index contributed by atoms with van der Waals surface area (Å²) < 4.78 is 0. The molecule has 2 heterocycles. The maximum atomic E-state index is 12.7. The molecular weight excluding hydrogens is 296 g/mol. The van der Waals surface area contributed by atoms with Crippen molar-refractivity contribution in [2.45, 2.75) is 25.8 Å². The molecule has 0 aliphatic carbocycles. The van der Waals surface area contributed by atoms with E-state index in [1.807, 2.05) is 11.8 Å². The van der Waals surface area contributed by atoms with Crippen LogP contribution in [0.3, 0.4) is 0 Å². The van der Waals surface area contributed by atoms with E-state index in [2.05, 4.69) is 5.32 Å². The highest BCUT2D eigenvalue weighted by Gasteiger charge is 2.28. The molecule has 23 heavy (non-hydrogen) atoms. The fourth-order valence-corrected chi connectivity index (χ4v) is 3.34. The van der Waals surface area contributed by atoms with Crippen LogP contribution in [-0.2, 0) is 0 Å². The van der Waals surface area contributed by atoms with Crippen molar-refractivity contribution in [3.05, 3.63) is 33.9 Å². The minimum Gasteiger partial charge on any atom is -0.366 e. The molecule has 124 valence electrons. The highest BCUT2D eigenvalue weighted by atomic mass is 16.6. The van der Waals surface area contributed by atoms with E-state index in [0.29, 0.717) is 17.8 Å². The van der Waals surface area contributed by atoms with Crippen LogP contribution in [0.1, 0.15) is 30.1 Å². The first-order chi connectivity index (χ1) is 11.1. The van der Waals surface area contributed by atoms with Gasteiger partial charge in [-0.05, 0) is 31.9 Å². The number of carbonyl (C=O) groups excluding carboxylic acids is 1. The average molecular weight is 318 g/mol. The molecule has 1 aromatic rings. The van der Waals surface area contributed by atoms with Gasteiger partial charge in [-0.25, -0.2) is 0 Å². The number of nitro groups is 1. The molecule has 1 atom stereocenters. The molecule has 2 aliphatic rings. The van der Waals surface area contributed by atoms with Crippen LogP contribution in [0.15, 0.2) is 18.2 Å². The number of piperazine rings is 1. The number of amides is 1. The molecule has 2 aliphatic heterocycles. The Bertz CT molecular complexity index is 613.